The fourth-order valence-corrected chi connectivity index (χ4v) is 3.38. The number of hydrogen-bond donors (Lipinski definition) is 0. The minimum absolute atomic E-state index is 1.11. The Balaban J connectivity index is 2.66. The van der Waals surface area contributed by atoms with Crippen LogP contribution in [0.2, 0.25) is 0 Å². The predicted octanol–water partition coefficient (Wildman–Crippen LogP) is 6.09. The van der Waals surface area contributed by atoms with Crippen LogP contribution in [0.25, 0.3) is 11.1 Å². The Morgan fingerprint density at radius 1 is 0.688 bits per heavy atom. The van der Waals surface area contributed by atoms with Gasteiger partial charge in [-0.05, 0) is 92.7 Å². The molecule has 4 heteroatoms. The van der Waals surface area contributed by atoms with Crippen LogP contribution in [0.15, 0.2) is 45.3 Å². The van der Waals surface area contributed by atoms with Crippen LogP contribution in [-0.4, -0.2) is 0 Å². The molecule has 0 radical (unpaired) electrons. The molecule has 0 fully saturated rings. The van der Waals surface area contributed by atoms with E-state index in [1.807, 2.05) is 0 Å². The minimum Gasteiger partial charge on any atom is -0.0508 e. The fraction of sp³-hybridized carbons (Fsp3) is 0. The summed E-state index contributed by atoms with van der Waals surface area (Å²) in [6.07, 6.45) is 0. The molecule has 0 saturated carbocycles. The number of hydrogen-bond acceptors (Lipinski definition) is 0. The highest BCUT2D eigenvalue weighted by Gasteiger charge is 2.08. The Kier molecular flexibility index (Phi) is 4.71. The highest BCUT2D eigenvalue weighted by molar-refractivity contribution is 14.1. The molecule has 2 rings (SSSR count). The van der Waals surface area contributed by atoms with Gasteiger partial charge in [-0.2, -0.15) is 0 Å². The van der Waals surface area contributed by atoms with E-state index in [9.17, 15) is 0 Å². The molecule has 0 nitrogen and oxygen atoms in total. The van der Waals surface area contributed by atoms with Crippen molar-refractivity contribution in [3.05, 3.63) is 52.5 Å². The molecule has 0 amide bonds. The van der Waals surface area contributed by atoms with Crippen molar-refractivity contribution in [2.75, 3.05) is 0 Å². The van der Waals surface area contributed by atoms with Crippen LogP contribution < -0.4 is 0 Å². The first-order chi connectivity index (χ1) is 7.58. The van der Waals surface area contributed by atoms with Crippen LogP contribution in [0.4, 0.5) is 0 Å². The molecular weight excluding hydrogens is 558 g/mol. The monoisotopic (exact) mass is 562 g/mol. The molecule has 2 aromatic rings. The third-order valence-electron chi connectivity index (χ3n) is 2.15. The second-order valence-corrected chi connectivity index (χ2v) is 7.40. The molecule has 82 valence electrons. The van der Waals surface area contributed by atoms with Gasteiger partial charge in [-0.15, -0.1) is 0 Å². The quantitative estimate of drug-likeness (QED) is 0.369. The molecular formula is C12H6Br2I2. The molecule has 0 aliphatic carbocycles. The van der Waals surface area contributed by atoms with Crippen molar-refractivity contribution in [1.29, 1.82) is 0 Å². The lowest BCUT2D eigenvalue weighted by molar-refractivity contribution is 1.52. The summed E-state index contributed by atoms with van der Waals surface area (Å²) in [6, 6.07) is 12.7. The molecule has 0 bridgehead atoms. The van der Waals surface area contributed by atoms with E-state index in [0.717, 1.165) is 8.95 Å². The lowest BCUT2D eigenvalue weighted by Gasteiger charge is -2.08. The van der Waals surface area contributed by atoms with Crippen LogP contribution in [0.5, 0.6) is 0 Å². The smallest absolute Gasteiger partial charge is 0.0209 e. The van der Waals surface area contributed by atoms with E-state index in [4.69, 9.17) is 0 Å². The van der Waals surface area contributed by atoms with Gasteiger partial charge in [-0.3, -0.25) is 0 Å². The van der Waals surface area contributed by atoms with Crippen molar-refractivity contribution in [2.24, 2.45) is 0 Å². The molecule has 0 atom stereocenters. The summed E-state index contributed by atoms with van der Waals surface area (Å²) in [5.41, 5.74) is 2.53. The maximum atomic E-state index is 3.52. The second kappa shape index (κ2) is 5.67. The summed E-state index contributed by atoms with van der Waals surface area (Å²) < 4.78 is 4.74. The van der Waals surface area contributed by atoms with Gasteiger partial charge < -0.3 is 0 Å². The summed E-state index contributed by atoms with van der Waals surface area (Å²) in [6.45, 7) is 0. The summed E-state index contributed by atoms with van der Waals surface area (Å²) in [5.74, 6) is 0. The minimum atomic E-state index is 1.11. The van der Waals surface area contributed by atoms with E-state index in [1.165, 1.54) is 18.3 Å². The van der Waals surface area contributed by atoms with Crippen LogP contribution in [0, 0.1) is 7.14 Å². The second-order valence-electron chi connectivity index (χ2n) is 3.25. The van der Waals surface area contributed by atoms with E-state index in [2.05, 4.69) is 113 Å². The van der Waals surface area contributed by atoms with Crippen LogP contribution >= 0.6 is 77.0 Å². The lowest BCUT2D eigenvalue weighted by atomic mass is 10.1. The standard InChI is InChI=1S/C12H6Br2I2/c13-7-1-3-11(15)9(5-7)10-6-8(14)2-4-12(10)16/h1-6H. The average molecular weight is 564 g/mol. The molecule has 0 aliphatic rings. The Bertz CT molecular complexity index is 489. The van der Waals surface area contributed by atoms with Crippen molar-refractivity contribution >= 4 is 77.0 Å². The van der Waals surface area contributed by atoms with Gasteiger partial charge in [0.1, 0.15) is 0 Å². The molecule has 0 heterocycles. The predicted molar refractivity (Wildman–Crippen MR) is 92.7 cm³/mol. The van der Waals surface area contributed by atoms with Crippen molar-refractivity contribution in [1.82, 2.24) is 0 Å². The third kappa shape index (κ3) is 3.00. The van der Waals surface area contributed by atoms with Crippen LogP contribution in [0.1, 0.15) is 0 Å². The maximum Gasteiger partial charge on any atom is 0.0209 e. The molecule has 0 saturated heterocycles. The summed E-state index contributed by atoms with van der Waals surface area (Å²) >= 11 is 11.8. The highest BCUT2D eigenvalue weighted by atomic mass is 127. The SMILES string of the molecule is Brc1ccc(I)c(-c2cc(Br)ccc2I)c1. The summed E-state index contributed by atoms with van der Waals surface area (Å²) in [5, 5.41) is 0. The summed E-state index contributed by atoms with van der Waals surface area (Å²) in [7, 11) is 0. The lowest BCUT2D eigenvalue weighted by Crippen LogP contribution is -1.87. The van der Waals surface area contributed by atoms with E-state index < -0.39 is 0 Å². The van der Waals surface area contributed by atoms with Crippen molar-refractivity contribution in [2.45, 2.75) is 0 Å². The van der Waals surface area contributed by atoms with Crippen molar-refractivity contribution < 1.29 is 0 Å². The largest absolute Gasteiger partial charge is 0.0508 e. The van der Waals surface area contributed by atoms with E-state index in [1.54, 1.807) is 0 Å². The zero-order valence-corrected chi connectivity index (χ0v) is 15.5. The highest BCUT2D eigenvalue weighted by Crippen LogP contribution is 2.33. The molecule has 0 aromatic heterocycles. The zero-order valence-electron chi connectivity index (χ0n) is 7.98. The van der Waals surface area contributed by atoms with E-state index in [0.29, 0.717) is 0 Å². The summed E-state index contributed by atoms with van der Waals surface area (Å²) in [4.78, 5) is 0. The first-order valence-electron chi connectivity index (χ1n) is 4.48. The van der Waals surface area contributed by atoms with E-state index in [-0.39, 0.29) is 0 Å². The van der Waals surface area contributed by atoms with Gasteiger partial charge in [0.2, 0.25) is 0 Å². The Labute approximate surface area is 139 Å². The Morgan fingerprint density at radius 3 is 1.44 bits per heavy atom. The Hall–Kier alpha value is 0.860. The van der Waals surface area contributed by atoms with E-state index >= 15 is 0 Å². The van der Waals surface area contributed by atoms with Gasteiger partial charge in [-0.1, -0.05) is 31.9 Å². The molecule has 0 spiro atoms. The Morgan fingerprint density at radius 2 is 1.06 bits per heavy atom. The normalized spacial score (nSPS) is 10.5. The number of rotatable bonds is 1. The topological polar surface area (TPSA) is 0 Å². The maximum absolute atomic E-state index is 3.52. The van der Waals surface area contributed by atoms with Gasteiger partial charge in [0.25, 0.3) is 0 Å². The van der Waals surface area contributed by atoms with Gasteiger partial charge in [0, 0.05) is 16.1 Å². The van der Waals surface area contributed by atoms with Crippen molar-refractivity contribution in [3.8, 4) is 11.1 Å². The van der Waals surface area contributed by atoms with Crippen molar-refractivity contribution in [3.63, 3.8) is 0 Å². The fourth-order valence-electron chi connectivity index (χ4n) is 1.41. The molecule has 0 aliphatic heterocycles. The first kappa shape index (κ1) is 13.3. The van der Waals surface area contributed by atoms with Crippen LogP contribution in [0.3, 0.4) is 0 Å². The average Bonchev–Trinajstić information content (AvgIpc) is 2.25. The molecule has 2 aromatic carbocycles. The first-order valence-corrected chi connectivity index (χ1v) is 8.23. The van der Waals surface area contributed by atoms with Gasteiger partial charge in [0.15, 0.2) is 0 Å². The molecule has 0 unspecified atom stereocenters. The third-order valence-corrected chi connectivity index (χ3v) is 5.01. The number of benzene rings is 2. The van der Waals surface area contributed by atoms with Gasteiger partial charge >= 0.3 is 0 Å². The van der Waals surface area contributed by atoms with Gasteiger partial charge in [0.05, 0.1) is 0 Å². The number of halogens is 4. The van der Waals surface area contributed by atoms with Gasteiger partial charge in [-0.25, -0.2) is 0 Å². The molecule has 16 heavy (non-hydrogen) atoms. The van der Waals surface area contributed by atoms with Crippen LogP contribution in [-0.2, 0) is 0 Å². The molecule has 0 N–H and O–H groups in total. The zero-order chi connectivity index (χ0) is 11.7.